The van der Waals surface area contributed by atoms with Crippen molar-refractivity contribution in [3.05, 3.63) is 11.9 Å². The van der Waals surface area contributed by atoms with E-state index >= 15 is 0 Å². The molecule has 1 aromatic heterocycles. The van der Waals surface area contributed by atoms with E-state index in [9.17, 15) is 0 Å². The molecule has 1 heterocycles. The highest BCUT2D eigenvalue weighted by Gasteiger charge is 2.21. The van der Waals surface area contributed by atoms with Crippen LogP contribution in [0.15, 0.2) is 6.20 Å². The Morgan fingerprint density at radius 3 is 2.62 bits per heavy atom. The number of aryl methyl sites for hydroxylation is 1. The SMILES string of the molecule is COc1cnn(C)c1CCC(N)C(C)(C)C. The normalized spacial score (nSPS) is 13.9. The number of methoxy groups -OCH3 is 1. The molecule has 0 saturated carbocycles. The Hall–Kier alpha value is -1.03. The molecule has 1 aromatic rings. The van der Waals surface area contributed by atoms with E-state index in [1.807, 2.05) is 11.7 Å². The lowest BCUT2D eigenvalue weighted by Gasteiger charge is -2.27. The molecule has 0 amide bonds. The van der Waals surface area contributed by atoms with Crippen molar-refractivity contribution in [2.75, 3.05) is 7.11 Å². The molecule has 0 aromatic carbocycles. The fourth-order valence-corrected chi connectivity index (χ4v) is 1.62. The maximum atomic E-state index is 6.14. The van der Waals surface area contributed by atoms with Crippen LogP contribution in [-0.4, -0.2) is 22.9 Å². The maximum absolute atomic E-state index is 6.14. The second kappa shape index (κ2) is 4.87. The van der Waals surface area contributed by atoms with Crippen molar-refractivity contribution in [1.82, 2.24) is 9.78 Å². The predicted molar refractivity (Wildman–Crippen MR) is 65.5 cm³/mol. The van der Waals surface area contributed by atoms with Gasteiger partial charge in [-0.3, -0.25) is 4.68 Å². The zero-order chi connectivity index (χ0) is 12.3. The molecule has 0 aliphatic rings. The third kappa shape index (κ3) is 2.98. The van der Waals surface area contributed by atoms with Crippen LogP contribution in [0.1, 0.15) is 32.9 Å². The molecule has 0 aliphatic heterocycles. The molecule has 0 radical (unpaired) electrons. The molecular weight excluding hydrogens is 202 g/mol. The lowest BCUT2D eigenvalue weighted by atomic mass is 9.84. The van der Waals surface area contributed by atoms with Crippen LogP contribution in [0.5, 0.6) is 5.75 Å². The fourth-order valence-electron chi connectivity index (χ4n) is 1.62. The number of hydrogen-bond acceptors (Lipinski definition) is 3. The lowest BCUT2D eigenvalue weighted by molar-refractivity contribution is 0.303. The van der Waals surface area contributed by atoms with E-state index in [0.717, 1.165) is 24.3 Å². The van der Waals surface area contributed by atoms with E-state index in [1.54, 1.807) is 13.3 Å². The van der Waals surface area contributed by atoms with Crippen molar-refractivity contribution < 1.29 is 4.74 Å². The van der Waals surface area contributed by atoms with Gasteiger partial charge >= 0.3 is 0 Å². The largest absolute Gasteiger partial charge is 0.493 e. The van der Waals surface area contributed by atoms with Crippen molar-refractivity contribution in [2.45, 2.75) is 39.7 Å². The summed E-state index contributed by atoms with van der Waals surface area (Å²) in [7, 11) is 3.60. The molecular formula is C12H23N3O. The average molecular weight is 225 g/mol. The van der Waals surface area contributed by atoms with Crippen LogP contribution >= 0.6 is 0 Å². The zero-order valence-electron chi connectivity index (χ0n) is 10.9. The predicted octanol–water partition coefficient (Wildman–Crippen LogP) is 1.73. The molecule has 0 bridgehead atoms. The maximum Gasteiger partial charge on any atom is 0.159 e. The number of nitrogens with zero attached hydrogens (tertiary/aromatic N) is 2. The Morgan fingerprint density at radius 2 is 2.12 bits per heavy atom. The van der Waals surface area contributed by atoms with Crippen molar-refractivity contribution in [2.24, 2.45) is 18.2 Å². The quantitative estimate of drug-likeness (QED) is 0.849. The Kier molecular flexibility index (Phi) is 3.97. The minimum absolute atomic E-state index is 0.145. The van der Waals surface area contributed by atoms with Gasteiger partial charge in [0.05, 0.1) is 19.0 Å². The van der Waals surface area contributed by atoms with Crippen LogP contribution in [-0.2, 0) is 13.5 Å². The minimum atomic E-state index is 0.145. The van der Waals surface area contributed by atoms with E-state index in [1.165, 1.54) is 0 Å². The highest BCUT2D eigenvalue weighted by molar-refractivity contribution is 5.25. The Morgan fingerprint density at radius 1 is 1.50 bits per heavy atom. The lowest BCUT2D eigenvalue weighted by Crippen LogP contribution is -2.35. The summed E-state index contributed by atoms with van der Waals surface area (Å²) >= 11 is 0. The summed E-state index contributed by atoms with van der Waals surface area (Å²) in [5.41, 5.74) is 7.40. The highest BCUT2D eigenvalue weighted by atomic mass is 16.5. The highest BCUT2D eigenvalue weighted by Crippen LogP contribution is 2.24. The third-order valence-corrected chi connectivity index (χ3v) is 3.05. The first-order chi connectivity index (χ1) is 7.36. The molecule has 1 rings (SSSR count). The Bertz CT molecular complexity index is 339. The van der Waals surface area contributed by atoms with E-state index in [4.69, 9.17) is 10.5 Å². The molecule has 0 spiro atoms. The molecule has 2 N–H and O–H groups in total. The third-order valence-electron chi connectivity index (χ3n) is 3.05. The monoisotopic (exact) mass is 225 g/mol. The number of aromatic nitrogens is 2. The van der Waals surface area contributed by atoms with Crippen molar-refractivity contribution in [3.8, 4) is 5.75 Å². The summed E-state index contributed by atoms with van der Waals surface area (Å²) in [6, 6.07) is 0.187. The van der Waals surface area contributed by atoms with Gasteiger partial charge in [-0.05, 0) is 18.3 Å². The van der Waals surface area contributed by atoms with Crippen LogP contribution in [0, 0.1) is 5.41 Å². The van der Waals surface area contributed by atoms with Gasteiger partial charge in [-0.1, -0.05) is 20.8 Å². The first kappa shape index (κ1) is 13.0. The Labute approximate surface area is 97.8 Å². The van der Waals surface area contributed by atoms with Gasteiger partial charge in [0.2, 0.25) is 0 Å². The van der Waals surface area contributed by atoms with E-state index in [0.29, 0.717) is 0 Å². The molecule has 1 unspecified atom stereocenters. The topological polar surface area (TPSA) is 53.1 Å². The van der Waals surface area contributed by atoms with Gasteiger partial charge in [-0.15, -0.1) is 0 Å². The van der Waals surface area contributed by atoms with Gasteiger partial charge in [-0.25, -0.2) is 0 Å². The summed E-state index contributed by atoms with van der Waals surface area (Å²) in [5, 5.41) is 4.18. The molecule has 4 nitrogen and oxygen atoms in total. The first-order valence-electron chi connectivity index (χ1n) is 5.66. The smallest absolute Gasteiger partial charge is 0.159 e. The zero-order valence-corrected chi connectivity index (χ0v) is 10.9. The number of rotatable bonds is 4. The second-order valence-electron chi connectivity index (χ2n) is 5.29. The average Bonchev–Trinajstić information content (AvgIpc) is 2.54. The summed E-state index contributed by atoms with van der Waals surface area (Å²) in [6.45, 7) is 6.49. The summed E-state index contributed by atoms with van der Waals surface area (Å²) < 4.78 is 7.12. The van der Waals surface area contributed by atoms with Crippen molar-refractivity contribution in [3.63, 3.8) is 0 Å². The van der Waals surface area contributed by atoms with Crippen LogP contribution in [0.2, 0.25) is 0 Å². The number of nitrogens with two attached hydrogens (primary N) is 1. The standard InChI is InChI=1S/C12H23N3O/c1-12(2,3)11(13)7-6-9-10(16-5)8-14-15(9)4/h8,11H,6-7,13H2,1-5H3. The van der Waals surface area contributed by atoms with E-state index < -0.39 is 0 Å². The van der Waals surface area contributed by atoms with Crippen LogP contribution in [0.25, 0.3) is 0 Å². The molecule has 92 valence electrons. The number of hydrogen-bond donors (Lipinski definition) is 1. The van der Waals surface area contributed by atoms with Gasteiger partial charge < -0.3 is 10.5 Å². The molecule has 0 saturated heterocycles. The number of ether oxygens (including phenoxy) is 1. The van der Waals surface area contributed by atoms with Gasteiger partial charge in [0.1, 0.15) is 0 Å². The van der Waals surface area contributed by atoms with E-state index in [-0.39, 0.29) is 11.5 Å². The van der Waals surface area contributed by atoms with Crippen LogP contribution < -0.4 is 10.5 Å². The molecule has 16 heavy (non-hydrogen) atoms. The van der Waals surface area contributed by atoms with Crippen LogP contribution in [0.3, 0.4) is 0 Å². The molecule has 0 fully saturated rings. The van der Waals surface area contributed by atoms with Crippen LogP contribution in [0.4, 0.5) is 0 Å². The van der Waals surface area contributed by atoms with Crippen molar-refractivity contribution in [1.29, 1.82) is 0 Å². The van der Waals surface area contributed by atoms with Gasteiger partial charge in [0.25, 0.3) is 0 Å². The van der Waals surface area contributed by atoms with Crippen molar-refractivity contribution >= 4 is 0 Å². The summed E-state index contributed by atoms with van der Waals surface area (Å²) in [5.74, 6) is 0.851. The van der Waals surface area contributed by atoms with Gasteiger partial charge in [0.15, 0.2) is 5.75 Å². The van der Waals surface area contributed by atoms with Gasteiger partial charge in [0, 0.05) is 13.1 Å². The molecule has 1 atom stereocenters. The molecule has 4 heteroatoms. The summed E-state index contributed by atoms with van der Waals surface area (Å²) in [4.78, 5) is 0. The minimum Gasteiger partial charge on any atom is -0.493 e. The Balaban J connectivity index is 2.64. The first-order valence-corrected chi connectivity index (χ1v) is 5.66. The van der Waals surface area contributed by atoms with E-state index in [2.05, 4.69) is 25.9 Å². The van der Waals surface area contributed by atoms with Gasteiger partial charge in [-0.2, -0.15) is 5.10 Å². The molecule has 0 aliphatic carbocycles. The fraction of sp³-hybridized carbons (Fsp3) is 0.750. The summed E-state index contributed by atoms with van der Waals surface area (Å²) in [6.07, 6.45) is 3.59. The second-order valence-corrected chi connectivity index (χ2v) is 5.29.